The molecule has 1 unspecified atom stereocenters. The van der Waals surface area contributed by atoms with E-state index in [0.717, 1.165) is 16.8 Å². The van der Waals surface area contributed by atoms with Gasteiger partial charge < -0.3 is 14.7 Å². The van der Waals surface area contributed by atoms with Gasteiger partial charge in [-0.25, -0.2) is 0 Å². The van der Waals surface area contributed by atoms with Crippen LogP contribution < -0.4 is 5.32 Å². The molecule has 0 saturated heterocycles. The number of likely N-dealkylation sites (N-methyl/N-ethyl adjacent to an activating group) is 1. The summed E-state index contributed by atoms with van der Waals surface area (Å²) in [6.07, 6.45) is 0.268. The molecule has 0 spiro atoms. The van der Waals surface area contributed by atoms with Gasteiger partial charge in [0.1, 0.15) is 5.76 Å². The third-order valence-electron chi connectivity index (χ3n) is 3.90. The molecular weight excluding hydrogens is 314 g/mol. The zero-order valence-corrected chi connectivity index (χ0v) is 14.6. The van der Waals surface area contributed by atoms with Crippen LogP contribution in [0.1, 0.15) is 28.6 Å². The highest BCUT2D eigenvalue weighted by atomic mass is 35.5. The number of nitrogens with zero attached hydrogens (tertiary/aromatic N) is 2. The Morgan fingerprint density at radius 2 is 2.04 bits per heavy atom. The quantitative estimate of drug-likeness (QED) is 0.881. The summed E-state index contributed by atoms with van der Waals surface area (Å²) in [6, 6.07) is 7.70. The number of hydrogen-bond acceptors (Lipinski definition) is 4. The molecule has 0 aliphatic heterocycles. The van der Waals surface area contributed by atoms with E-state index in [2.05, 4.69) is 10.5 Å². The van der Waals surface area contributed by atoms with E-state index in [1.165, 1.54) is 0 Å². The third-order valence-corrected chi connectivity index (χ3v) is 4.24. The predicted octanol–water partition coefficient (Wildman–Crippen LogP) is 2.91. The van der Waals surface area contributed by atoms with Gasteiger partial charge in [-0.1, -0.05) is 35.0 Å². The van der Waals surface area contributed by atoms with Gasteiger partial charge in [0.05, 0.1) is 18.2 Å². The van der Waals surface area contributed by atoms with Crippen LogP contribution in [-0.4, -0.2) is 36.6 Å². The zero-order chi connectivity index (χ0) is 17.0. The molecule has 1 aromatic carbocycles. The van der Waals surface area contributed by atoms with E-state index in [9.17, 15) is 4.79 Å². The lowest BCUT2D eigenvalue weighted by Gasteiger charge is -2.26. The molecule has 23 heavy (non-hydrogen) atoms. The second kappa shape index (κ2) is 7.62. The maximum Gasteiger partial charge on any atom is 0.224 e. The number of benzene rings is 1. The standard InChI is InChI=1S/C17H22ClN3O2/c1-11-14(12(2)23-20-11)9-17(22)19-10-16(21(3)4)13-7-5-6-8-15(13)18/h5-8,16H,9-10H2,1-4H3,(H,19,22). The number of nitrogens with one attached hydrogen (secondary N) is 1. The lowest BCUT2D eigenvalue weighted by atomic mass is 10.1. The lowest BCUT2D eigenvalue weighted by Crippen LogP contribution is -2.35. The number of rotatable bonds is 6. The van der Waals surface area contributed by atoms with Gasteiger partial charge in [0.2, 0.25) is 5.91 Å². The Balaban J connectivity index is 2.02. The summed E-state index contributed by atoms with van der Waals surface area (Å²) in [5.41, 5.74) is 2.60. The number of aromatic nitrogens is 1. The lowest BCUT2D eigenvalue weighted by molar-refractivity contribution is -0.120. The first kappa shape index (κ1) is 17.5. The molecule has 6 heteroatoms. The summed E-state index contributed by atoms with van der Waals surface area (Å²) in [5.74, 6) is 0.631. The molecule has 5 nitrogen and oxygen atoms in total. The Hall–Kier alpha value is -1.85. The molecule has 0 aliphatic carbocycles. The SMILES string of the molecule is Cc1noc(C)c1CC(=O)NCC(c1ccccc1Cl)N(C)C. The highest BCUT2D eigenvalue weighted by Crippen LogP contribution is 2.25. The second-order valence-corrected chi connectivity index (χ2v) is 6.19. The summed E-state index contributed by atoms with van der Waals surface area (Å²) in [4.78, 5) is 14.3. The first-order chi connectivity index (χ1) is 10.9. The molecule has 2 aromatic rings. The number of aryl methyl sites for hydroxylation is 2. The fraction of sp³-hybridized carbons (Fsp3) is 0.412. The molecule has 1 aromatic heterocycles. The van der Waals surface area contributed by atoms with E-state index in [-0.39, 0.29) is 18.4 Å². The number of hydrogen-bond donors (Lipinski definition) is 1. The molecule has 1 atom stereocenters. The normalized spacial score (nSPS) is 12.4. The molecule has 1 amide bonds. The van der Waals surface area contributed by atoms with Crippen molar-refractivity contribution in [2.75, 3.05) is 20.6 Å². The van der Waals surface area contributed by atoms with Gasteiger partial charge >= 0.3 is 0 Å². The Morgan fingerprint density at radius 3 is 2.61 bits per heavy atom. The molecule has 124 valence electrons. The van der Waals surface area contributed by atoms with E-state index >= 15 is 0 Å². The average Bonchev–Trinajstić information content (AvgIpc) is 2.81. The summed E-state index contributed by atoms with van der Waals surface area (Å²) < 4.78 is 5.09. The Morgan fingerprint density at radius 1 is 1.35 bits per heavy atom. The van der Waals surface area contributed by atoms with Crippen LogP contribution in [0.3, 0.4) is 0 Å². The third kappa shape index (κ3) is 4.33. The number of halogens is 1. The van der Waals surface area contributed by atoms with E-state index in [4.69, 9.17) is 16.1 Å². The van der Waals surface area contributed by atoms with Crippen LogP contribution in [0, 0.1) is 13.8 Å². The Bertz CT molecular complexity index is 663. The number of amides is 1. The zero-order valence-electron chi connectivity index (χ0n) is 13.9. The minimum Gasteiger partial charge on any atom is -0.361 e. The number of carbonyl (C=O) groups is 1. The van der Waals surface area contributed by atoms with Crippen molar-refractivity contribution in [3.05, 3.63) is 51.9 Å². The predicted molar refractivity (Wildman–Crippen MR) is 90.6 cm³/mol. The molecule has 0 fully saturated rings. The van der Waals surface area contributed by atoms with Crippen LogP contribution in [-0.2, 0) is 11.2 Å². The van der Waals surface area contributed by atoms with Crippen LogP contribution in [0.15, 0.2) is 28.8 Å². The van der Waals surface area contributed by atoms with Crippen LogP contribution >= 0.6 is 11.6 Å². The highest BCUT2D eigenvalue weighted by molar-refractivity contribution is 6.31. The van der Waals surface area contributed by atoms with Gasteiger partial charge in [0.15, 0.2) is 0 Å². The Labute approximate surface area is 141 Å². The fourth-order valence-electron chi connectivity index (χ4n) is 2.50. The summed E-state index contributed by atoms with van der Waals surface area (Å²) in [5, 5.41) is 7.55. The second-order valence-electron chi connectivity index (χ2n) is 5.78. The summed E-state index contributed by atoms with van der Waals surface area (Å²) >= 11 is 6.28. The van der Waals surface area contributed by atoms with E-state index in [1.807, 2.05) is 57.1 Å². The molecule has 1 N–H and O–H groups in total. The van der Waals surface area contributed by atoms with Crippen molar-refractivity contribution in [3.8, 4) is 0 Å². The van der Waals surface area contributed by atoms with Gasteiger partial charge in [0, 0.05) is 17.1 Å². The largest absolute Gasteiger partial charge is 0.361 e. The van der Waals surface area contributed by atoms with Crippen LogP contribution in [0.25, 0.3) is 0 Å². The molecule has 1 heterocycles. The van der Waals surface area contributed by atoms with Gasteiger partial charge in [-0.3, -0.25) is 4.79 Å². The van der Waals surface area contributed by atoms with Crippen LogP contribution in [0.4, 0.5) is 0 Å². The first-order valence-electron chi connectivity index (χ1n) is 7.49. The maximum atomic E-state index is 12.2. The van der Waals surface area contributed by atoms with Crippen molar-refractivity contribution in [1.29, 1.82) is 0 Å². The van der Waals surface area contributed by atoms with Crippen molar-refractivity contribution < 1.29 is 9.32 Å². The van der Waals surface area contributed by atoms with Gasteiger partial charge in [-0.2, -0.15) is 0 Å². The minimum absolute atomic E-state index is 0.0114. The minimum atomic E-state index is -0.0571. The number of carbonyl (C=O) groups excluding carboxylic acids is 1. The van der Waals surface area contributed by atoms with E-state index in [0.29, 0.717) is 17.3 Å². The first-order valence-corrected chi connectivity index (χ1v) is 7.87. The fourth-order valence-corrected chi connectivity index (χ4v) is 2.77. The highest BCUT2D eigenvalue weighted by Gasteiger charge is 2.19. The van der Waals surface area contributed by atoms with Gasteiger partial charge in [-0.05, 0) is 39.6 Å². The molecule has 0 bridgehead atoms. The van der Waals surface area contributed by atoms with Crippen molar-refractivity contribution in [2.24, 2.45) is 0 Å². The molecule has 2 rings (SSSR count). The van der Waals surface area contributed by atoms with Gasteiger partial charge in [-0.15, -0.1) is 0 Å². The van der Waals surface area contributed by atoms with Gasteiger partial charge in [0.25, 0.3) is 0 Å². The summed E-state index contributed by atoms with van der Waals surface area (Å²) in [6.45, 7) is 4.14. The molecule has 0 radical (unpaired) electrons. The van der Waals surface area contributed by atoms with Crippen molar-refractivity contribution in [1.82, 2.24) is 15.4 Å². The maximum absolute atomic E-state index is 12.2. The molecule has 0 aliphatic rings. The smallest absolute Gasteiger partial charge is 0.224 e. The molecular formula is C17H22ClN3O2. The average molecular weight is 336 g/mol. The summed E-state index contributed by atoms with van der Waals surface area (Å²) in [7, 11) is 3.93. The van der Waals surface area contributed by atoms with Crippen LogP contribution in [0.2, 0.25) is 5.02 Å². The molecule has 0 saturated carbocycles. The van der Waals surface area contributed by atoms with Crippen molar-refractivity contribution >= 4 is 17.5 Å². The van der Waals surface area contributed by atoms with E-state index < -0.39 is 0 Å². The van der Waals surface area contributed by atoms with Crippen molar-refractivity contribution in [2.45, 2.75) is 26.3 Å². The van der Waals surface area contributed by atoms with E-state index in [1.54, 1.807) is 0 Å². The monoisotopic (exact) mass is 335 g/mol. The van der Waals surface area contributed by atoms with Crippen molar-refractivity contribution in [3.63, 3.8) is 0 Å². The Kier molecular flexibility index (Phi) is 5.80. The topological polar surface area (TPSA) is 58.4 Å². The van der Waals surface area contributed by atoms with Crippen LogP contribution in [0.5, 0.6) is 0 Å².